The monoisotopic (exact) mass is 459 g/mol. The molecule has 0 bridgehead atoms. The first kappa shape index (κ1) is 22.2. The van der Waals surface area contributed by atoms with Crippen LogP contribution in [0.1, 0.15) is 54.4 Å². The van der Waals surface area contributed by atoms with Crippen molar-refractivity contribution in [2.45, 2.75) is 45.6 Å². The normalized spacial score (nSPS) is 14.6. The average Bonchev–Trinajstić information content (AvgIpc) is 3.47. The maximum absolute atomic E-state index is 13.0. The molecule has 4 heterocycles. The van der Waals surface area contributed by atoms with Crippen LogP contribution in [0.2, 0.25) is 0 Å². The number of hydrogen-bond donors (Lipinski definition) is 2. The number of piperidine rings is 1. The lowest BCUT2D eigenvalue weighted by molar-refractivity contribution is 0.102. The maximum Gasteiger partial charge on any atom is 0.277 e. The molecule has 1 amide bonds. The third-order valence-corrected chi connectivity index (χ3v) is 5.95. The Hall–Kier alpha value is -3.65. The summed E-state index contributed by atoms with van der Waals surface area (Å²) >= 11 is 0. The van der Waals surface area contributed by atoms with Crippen LogP contribution in [-0.4, -0.2) is 39.7 Å². The second-order valence-electron chi connectivity index (χ2n) is 9.04. The van der Waals surface area contributed by atoms with E-state index >= 15 is 0 Å². The van der Waals surface area contributed by atoms with E-state index in [2.05, 4.69) is 21.7 Å². The molecule has 0 spiro atoms. The number of carbonyl (C=O) groups excluding carboxylic acids is 1. The Bertz CT molecular complexity index is 1320. The Morgan fingerprint density at radius 3 is 2.82 bits per heavy atom. The number of ether oxygens (including phenoxy) is 1. The van der Waals surface area contributed by atoms with E-state index < -0.39 is 0 Å². The van der Waals surface area contributed by atoms with Gasteiger partial charge in [-0.25, -0.2) is 9.50 Å². The predicted molar refractivity (Wildman–Crippen MR) is 130 cm³/mol. The van der Waals surface area contributed by atoms with E-state index in [0.29, 0.717) is 23.2 Å². The number of benzene rings is 1. The van der Waals surface area contributed by atoms with Crippen LogP contribution in [0.5, 0.6) is 5.75 Å². The molecular formula is C26H29N5O3. The molecule has 0 aliphatic carbocycles. The zero-order chi connectivity index (χ0) is 23.7. The Morgan fingerprint density at radius 1 is 1.24 bits per heavy atom. The molecule has 1 aromatic carbocycles. The van der Waals surface area contributed by atoms with Crippen molar-refractivity contribution in [2.75, 3.05) is 18.4 Å². The lowest BCUT2D eigenvalue weighted by atomic mass is 9.95. The zero-order valence-corrected chi connectivity index (χ0v) is 19.7. The summed E-state index contributed by atoms with van der Waals surface area (Å²) in [6.07, 6.45) is 5.28. The molecule has 3 aromatic heterocycles. The van der Waals surface area contributed by atoms with Gasteiger partial charge in [0.15, 0.2) is 11.4 Å². The van der Waals surface area contributed by atoms with E-state index in [1.807, 2.05) is 61.8 Å². The standard InChI is InChI=1S/C26H29N5O3/c1-16(2)34-24-14-31-20(12-21(30-31)18-7-9-27-10-8-18)13-22(24)28-25(32)23-15-33-26(29-23)19-6-4-5-17(3)11-19/h4-6,11-16,18,27H,7-10H2,1-3H3,(H,28,32). The van der Waals surface area contributed by atoms with Gasteiger partial charge in [-0.2, -0.15) is 5.10 Å². The molecule has 34 heavy (non-hydrogen) atoms. The van der Waals surface area contributed by atoms with Crippen LogP contribution in [0.25, 0.3) is 17.0 Å². The number of anilines is 1. The number of pyridine rings is 1. The maximum atomic E-state index is 13.0. The van der Waals surface area contributed by atoms with Crippen LogP contribution >= 0.6 is 0 Å². The van der Waals surface area contributed by atoms with Gasteiger partial charge in [0.05, 0.1) is 29.2 Å². The molecule has 8 heteroatoms. The van der Waals surface area contributed by atoms with Crippen molar-refractivity contribution in [3.63, 3.8) is 0 Å². The Morgan fingerprint density at radius 2 is 2.06 bits per heavy atom. The van der Waals surface area contributed by atoms with Gasteiger partial charge in [-0.05, 0) is 71.0 Å². The molecule has 2 N–H and O–H groups in total. The molecule has 0 radical (unpaired) electrons. The summed E-state index contributed by atoms with van der Waals surface area (Å²) in [5.74, 6) is 1.03. The van der Waals surface area contributed by atoms with Gasteiger partial charge in [-0.15, -0.1) is 0 Å². The molecule has 0 unspecified atom stereocenters. The van der Waals surface area contributed by atoms with Crippen LogP contribution in [0, 0.1) is 6.92 Å². The summed E-state index contributed by atoms with van der Waals surface area (Å²) in [5.41, 5.74) is 4.67. The molecule has 0 saturated carbocycles. The number of hydrogen-bond acceptors (Lipinski definition) is 6. The highest BCUT2D eigenvalue weighted by Crippen LogP contribution is 2.31. The van der Waals surface area contributed by atoms with Gasteiger partial charge in [0.25, 0.3) is 5.91 Å². The quantitative estimate of drug-likeness (QED) is 0.430. The Balaban J connectivity index is 1.43. The second-order valence-corrected chi connectivity index (χ2v) is 9.04. The van der Waals surface area contributed by atoms with E-state index in [4.69, 9.17) is 14.3 Å². The fourth-order valence-electron chi connectivity index (χ4n) is 4.28. The van der Waals surface area contributed by atoms with Gasteiger partial charge in [0.1, 0.15) is 6.26 Å². The molecule has 4 aromatic rings. The summed E-state index contributed by atoms with van der Waals surface area (Å²) < 4.78 is 13.4. The first-order valence-corrected chi connectivity index (χ1v) is 11.7. The molecule has 1 aliphatic rings. The van der Waals surface area contributed by atoms with Gasteiger partial charge in [0, 0.05) is 11.5 Å². The number of aromatic nitrogens is 3. The van der Waals surface area contributed by atoms with Crippen molar-refractivity contribution < 1.29 is 13.9 Å². The van der Waals surface area contributed by atoms with Gasteiger partial charge in [0.2, 0.25) is 5.89 Å². The molecule has 176 valence electrons. The van der Waals surface area contributed by atoms with Gasteiger partial charge < -0.3 is 19.8 Å². The largest absolute Gasteiger partial charge is 0.487 e. The number of nitrogens with zero attached hydrogens (tertiary/aromatic N) is 3. The van der Waals surface area contributed by atoms with E-state index in [-0.39, 0.29) is 17.7 Å². The highest BCUT2D eigenvalue weighted by atomic mass is 16.5. The summed E-state index contributed by atoms with van der Waals surface area (Å²) in [6.45, 7) is 7.91. The van der Waals surface area contributed by atoms with Crippen molar-refractivity contribution in [3.8, 4) is 17.2 Å². The van der Waals surface area contributed by atoms with Crippen molar-refractivity contribution in [3.05, 3.63) is 65.8 Å². The third-order valence-electron chi connectivity index (χ3n) is 5.95. The summed E-state index contributed by atoms with van der Waals surface area (Å²) in [6, 6.07) is 11.8. The zero-order valence-electron chi connectivity index (χ0n) is 19.7. The minimum Gasteiger partial charge on any atom is -0.487 e. The fraction of sp³-hybridized carbons (Fsp3) is 0.346. The molecule has 0 atom stereocenters. The van der Waals surface area contributed by atoms with Gasteiger partial charge >= 0.3 is 0 Å². The second kappa shape index (κ2) is 9.30. The van der Waals surface area contributed by atoms with Crippen LogP contribution in [0.4, 0.5) is 5.69 Å². The topological polar surface area (TPSA) is 93.7 Å². The number of aryl methyl sites for hydroxylation is 1. The average molecular weight is 460 g/mol. The molecule has 5 rings (SSSR count). The number of amides is 1. The first-order chi connectivity index (χ1) is 16.5. The Kier molecular flexibility index (Phi) is 6.06. The van der Waals surface area contributed by atoms with E-state index in [0.717, 1.165) is 48.3 Å². The Labute approximate surface area is 198 Å². The molecule has 1 aliphatic heterocycles. The molecule has 1 fully saturated rings. The fourth-order valence-corrected chi connectivity index (χ4v) is 4.28. The lowest BCUT2D eigenvalue weighted by Crippen LogP contribution is -2.26. The van der Waals surface area contributed by atoms with Crippen molar-refractivity contribution >= 4 is 17.1 Å². The van der Waals surface area contributed by atoms with Crippen molar-refractivity contribution in [1.82, 2.24) is 19.9 Å². The highest BCUT2D eigenvalue weighted by molar-refractivity contribution is 6.04. The number of oxazole rings is 1. The lowest BCUT2D eigenvalue weighted by Gasteiger charge is -2.20. The van der Waals surface area contributed by atoms with E-state index in [1.165, 1.54) is 6.26 Å². The van der Waals surface area contributed by atoms with Crippen LogP contribution in [0.3, 0.4) is 0 Å². The van der Waals surface area contributed by atoms with Crippen LogP contribution in [-0.2, 0) is 0 Å². The van der Waals surface area contributed by atoms with Crippen molar-refractivity contribution in [2.24, 2.45) is 0 Å². The predicted octanol–water partition coefficient (Wildman–Crippen LogP) is 4.80. The summed E-state index contributed by atoms with van der Waals surface area (Å²) in [7, 11) is 0. The minimum atomic E-state index is -0.362. The molecule has 8 nitrogen and oxygen atoms in total. The summed E-state index contributed by atoms with van der Waals surface area (Å²) in [5, 5.41) is 11.1. The smallest absolute Gasteiger partial charge is 0.277 e. The van der Waals surface area contributed by atoms with Crippen LogP contribution in [0.15, 0.2) is 53.3 Å². The van der Waals surface area contributed by atoms with Gasteiger partial charge in [-0.3, -0.25) is 4.79 Å². The van der Waals surface area contributed by atoms with Crippen molar-refractivity contribution in [1.29, 1.82) is 0 Å². The van der Waals surface area contributed by atoms with E-state index in [1.54, 1.807) is 0 Å². The van der Waals surface area contributed by atoms with Crippen LogP contribution < -0.4 is 15.4 Å². The third kappa shape index (κ3) is 4.68. The number of rotatable bonds is 6. The molecular weight excluding hydrogens is 430 g/mol. The number of nitrogens with one attached hydrogen (secondary N) is 2. The van der Waals surface area contributed by atoms with Gasteiger partial charge in [-0.1, -0.05) is 17.7 Å². The molecule has 1 saturated heterocycles. The minimum absolute atomic E-state index is 0.0625. The summed E-state index contributed by atoms with van der Waals surface area (Å²) in [4.78, 5) is 17.4. The van der Waals surface area contributed by atoms with E-state index in [9.17, 15) is 4.79 Å². The number of fused-ring (bicyclic) bond motifs is 1. The number of carbonyl (C=O) groups is 1. The SMILES string of the molecule is Cc1cccc(-c2nc(C(=O)Nc3cc4cc(C5CCNCC5)nn4cc3OC(C)C)co2)c1. The first-order valence-electron chi connectivity index (χ1n) is 11.7. The highest BCUT2D eigenvalue weighted by Gasteiger charge is 2.21.